The fourth-order valence-corrected chi connectivity index (χ4v) is 3.03. The first kappa shape index (κ1) is 21.3. The monoisotopic (exact) mass is 381 g/mol. The number of amides is 1. The molecule has 0 bridgehead atoms. The SMILES string of the molecule is Cl.Cl.NC(CC(=O)Nc1ccccc1N1CCCC1)c1ccccc1. The van der Waals surface area contributed by atoms with Crippen LogP contribution in [0.5, 0.6) is 0 Å². The van der Waals surface area contributed by atoms with E-state index >= 15 is 0 Å². The van der Waals surface area contributed by atoms with Gasteiger partial charge in [0.15, 0.2) is 0 Å². The molecule has 6 heteroatoms. The number of benzene rings is 2. The first-order valence-corrected chi connectivity index (χ1v) is 8.18. The van der Waals surface area contributed by atoms with Crippen molar-refractivity contribution in [1.29, 1.82) is 0 Å². The van der Waals surface area contributed by atoms with E-state index in [4.69, 9.17) is 5.73 Å². The van der Waals surface area contributed by atoms with Crippen LogP contribution in [0, 0.1) is 0 Å². The van der Waals surface area contributed by atoms with Gasteiger partial charge < -0.3 is 16.0 Å². The molecule has 1 unspecified atom stereocenters. The lowest BCUT2D eigenvalue weighted by Crippen LogP contribution is -2.23. The summed E-state index contributed by atoms with van der Waals surface area (Å²) in [7, 11) is 0. The molecular formula is C19H25Cl2N3O. The first-order valence-electron chi connectivity index (χ1n) is 8.18. The second kappa shape index (κ2) is 10.3. The second-order valence-electron chi connectivity index (χ2n) is 5.98. The summed E-state index contributed by atoms with van der Waals surface area (Å²) < 4.78 is 0. The number of nitrogens with one attached hydrogen (secondary N) is 1. The second-order valence-corrected chi connectivity index (χ2v) is 5.98. The Morgan fingerprint density at radius 1 is 1.00 bits per heavy atom. The van der Waals surface area contributed by atoms with Crippen LogP contribution in [-0.2, 0) is 4.79 Å². The highest BCUT2D eigenvalue weighted by atomic mass is 35.5. The molecule has 136 valence electrons. The molecule has 2 aromatic rings. The number of hydrogen-bond donors (Lipinski definition) is 2. The topological polar surface area (TPSA) is 58.4 Å². The van der Waals surface area contributed by atoms with Gasteiger partial charge >= 0.3 is 0 Å². The Hall–Kier alpha value is -1.75. The lowest BCUT2D eigenvalue weighted by molar-refractivity contribution is -0.116. The average molecular weight is 382 g/mol. The summed E-state index contributed by atoms with van der Waals surface area (Å²) in [5.74, 6) is -0.0481. The molecule has 1 fully saturated rings. The molecule has 1 aliphatic rings. The third-order valence-electron chi connectivity index (χ3n) is 4.26. The van der Waals surface area contributed by atoms with Crippen LogP contribution < -0.4 is 16.0 Å². The van der Waals surface area contributed by atoms with E-state index < -0.39 is 0 Å². The summed E-state index contributed by atoms with van der Waals surface area (Å²) in [5, 5.41) is 3.03. The van der Waals surface area contributed by atoms with E-state index in [2.05, 4.69) is 16.3 Å². The largest absolute Gasteiger partial charge is 0.370 e. The van der Waals surface area contributed by atoms with E-state index in [-0.39, 0.29) is 43.2 Å². The summed E-state index contributed by atoms with van der Waals surface area (Å²) in [5.41, 5.74) is 9.10. The first-order chi connectivity index (χ1) is 11.2. The lowest BCUT2D eigenvalue weighted by Gasteiger charge is -2.22. The Morgan fingerprint density at radius 3 is 2.28 bits per heavy atom. The Balaban J connectivity index is 0.00000156. The minimum atomic E-state index is -0.282. The molecule has 0 aliphatic carbocycles. The zero-order valence-electron chi connectivity index (χ0n) is 14.1. The number of anilines is 2. The number of nitrogens with two attached hydrogens (primary N) is 1. The van der Waals surface area contributed by atoms with Gasteiger partial charge in [-0.15, -0.1) is 24.8 Å². The zero-order chi connectivity index (χ0) is 16.1. The molecule has 0 radical (unpaired) electrons. The molecule has 0 saturated carbocycles. The van der Waals surface area contributed by atoms with Crippen molar-refractivity contribution >= 4 is 42.1 Å². The van der Waals surface area contributed by atoms with Crippen molar-refractivity contribution in [3.05, 3.63) is 60.2 Å². The molecule has 1 atom stereocenters. The molecule has 0 aromatic heterocycles. The maximum absolute atomic E-state index is 12.4. The van der Waals surface area contributed by atoms with E-state index in [0.29, 0.717) is 0 Å². The molecule has 25 heavy (non-hydrogen) atoms. The maximum atomic E-state index is 12.4. The van der Waals surface area contributed by atoms with Gasteiger partial charge in [-0.05, 0) is 30.5 Å². The van der Waals surface area contributed by atoms with Gasteiger partial charge in [0.2, 0.25) is 5.91 Å². The Morgan fingerprint density at radius 2 is 1.60 bits per heavy atom. The molecule has 4 nitrogen and oxygen atoms in total. The van der Waals surface area contributed by atoms with E-state index in [1.807, 2.05) is 48.5 Å². The Bertz CT molecular complexity index is 661. The van der Waals surface area contributed by atoms with Crippen molar-refractivity contribution in [2.75, 3.05) is 23.3 Å². The molecule has 2 aromatic carbocycles. The Kier molecular flexibility index (Phi) is 8.76. The minimum absolute atomic E-state index is 0. The number of para-hydroxylation sites is 2. The molecule has 1 amide bonds. The molecule has 1 heterocycles. The highest BCUT2D eigenvalue weighted by Crippen LogP contribution is 2.29. The van der Waals surface area contributed by atoms with Crippen molar-refractivity contribution < 1.29 is 4.79 Å². The number of carbonyl (C=O) groups is 1. The molecule has 1 saturated heterocycles. The van der Waals surface area contributed by atoms with E-state index in [9.17, 15) is 4.79 Å². The number of halogens is 2. The van der Waals surface area contributed by atoms with Gasteiger partial charge in [0.1, 0.15) is 0 Å². The minimum Gasteiger partial charge on any atom is -0.370 e. The van der Waals surface area contributed by atoms with Gasteiger partial charge in [-0.2, -0.15) is 0 Å². The van der Waals surface area contributed by atoms with Crippen LogP contribution in [-0.4, -0.2) is 19.0 Å². The summed E-state index contributed by atoms with van der Waals surface area (Å²) >= 11 is 0. The van der Waals surface area contributed by atoms with E-state index in [1.165, 1.54) is 12.8 Å². The zero-order valence-corrected chi connectivity index (χ0v) is 15.7. The Labute approximate surface area is 161 Å². The molecular weight excluding hydrogens is 357 g/mol. The summed E-state index contributed by atoms with van der Waals surface area (Å²) in [6, 6.07) is 17.4. The average Bonchev–Trinajstić information content (AvgIpc) is 3.10. The van der Waals surface area contributed by atoms with Gasteiger partial charge in [-0.25, -0.2) is 0 Å². The number of rotatable bonds is 5. The predicted octanol–water partition coefficient (Wildman–Crippen LogP) is 4.16. The fourth-order valence-electron chi connectivity index (χ4n) is 3.03. The molecule has 1 aliphatic heterocycles. The highest BCUT2D eigenvalue weighted by Gasteiger charge is 2.17. The standard InChI is InChI=1S/C19H23N3O.2ClH/c20-16(15-8-2-1-3-9-15)14-19(23)21-17-10-4-5-11-18(17)22-12-6-7-13-22;;/h1-5,8-11,16H,6-7,12-14,20H2,(H,21,23);2*1H. The van der Waals surface area contributed by atoms with Crippen molar-refractivity contribution in [2.45, 2.75) is 25.3 Å². The van der Waals surface area contributed by atoms with Crippen LogP contribution >= 0.6 is 24.8 Å². The van der Waals surface area contributed by atoms with Crippen LogP contribution in [0.15, 0.2) is 54.6 Å². The summed E-state index contributed by atoms with van der Waals surface area (Å²) in [4.78, 5) is 14.7. The summed E-state index contributed by atoms with van der Waals surface area (Å²) in [6.45, 7) is 2.10. The lowest BCUT2D eigenvalue weighted by atomic mass is 10.0. The fraction of sp³-hybridized carbons (Fsp3) is 0.316. The van der Waals surface area contributed by atoms with Gasteiger partial charge in [0.25, 0.3) is 0 Å². The normalized spacial score (nSPS) is 14.2. The van der Waals surface area contributed by atoms with Crippen molar-refractivity contribution in [3.8, 4) is 0 Å². The molecule has 0 spiro atoms. The van der Waals surface area contributed by atoms with Crippen LogP contribution in [0.1, 0.15) is 30.9 Å². The third kappa shape index (κ3) is 5.63. The molecule has 3 N–H and O–H groups in total. The van der Waals surface area contributed by atoms with Gasteiger partial charge in [0, 0.05) is 25.6 Å². The summed E-state index contributed by atoms with van der Waals surface area (Å²) in [6.07, 6.45) is 2.70. The van der Waals surface area contributed by atoms with Gasteiger partial charge in [0.05, 0.1) is 11.4 Å². The highest BCUT2D eigenvalue weighted by molar-refractivity contribution is 5.94. The van der Waals surface area contributed by atoms with Crippen molar-refractivity contribution in [3.63, 3.8) is 0 Å². The number of carbonyl (C=O) groups excluding carboxylic acids is 1. The number of nitrogens with zero attached hydrogens (tertiary/aromatic N) is 1. The maximum Gasteiger partial charge on any atom is 0.226 e. The smallest absolute Gasteiger partial charge is 0.226 e. The van der Waals surface area contributed by atoms with Crippen LogP contribution in [0.3, 0.4) is 0 Å². The van der Waals surface area contributed by atoms with Gasteiger partial charge in [-0.3, -0.25) is 4.79 Å². The quantitative estimate of drug-likeness (QED) is 0.817. The van der Waals surface area contributed by atoms with Crippen LogP contribution in [0.4, 0.5) is 11.4 Å². The number of hydrogen-bond acceptors (Lipinski definition) is 3. The van der Waals surface area contributed by atoms with Crippen molar-refractivity contribution in [1.82, 2.24) is 0 Å². The third-order valence-corrected chi connectivity index (χ3v) is 4.26. The van der Waals surface area contributed by atoms with Crippen LogP contribution in [0.2, 0.25) is 0 Å². The van der Waals surface area contributed by atoms with E-state index in [0.717, 1.165) is 30.0 Å². The molecule has 3 rings (SSSR count). The predicted molar refractivity (Wildman–Crippen MR) is 109 cm³/mol. The van der Waals surface area contributed by atoms with Crippen LogP contribution in [0.25, 0.3) is 0 Å². The van der Waals surface area contributed by atoms with E-state index in [1.54, 1.807) is 0 Å². The van der Waals surface area contributed by atoms with Crippen molar-refractivity contribution in [2.24, 2.45) is 5.73 Å². The van der Waals surface area contributed by atoms with Gasteiger partial charge in [-0.1, -0.05) is 42.5 Å².